The molecule has 0 aliphatic rings. The molecule has 4 nitrogen and oxygen atoms in total. The third kappa shape index (κ3) is 4.85. The predicted molar refractivity (Wildman–Crippen MR) is 71.9 cm³/mol. The van der Waals surface area contributed by atoms with Gasteiger partial charge in [0.1, 0.15) is 6.10 Å². The van der Waals surface area contributed by atoms with Crippen molar-refractivity contribution in [2.75, 3.05) is 6.54 Å². The smallest absolute Gasteiger partial charge is 0.247 e. The number of carbonyl (C=O) groups is 1. The summed E-state index contributed by atoms with van der Waals surface area (Å²) in [6.07, 6.45) is 2.06. The molecule has 2 unspecified atom stereocenters. The van der Waals surface area contributed by atoms with Crippen LogP contribution in [0.1, 0.15) is 37.8 Å². The van der Waals surface area contributed by atoms with Crippen LogP contribution in [0.4, 0.5) is 0 Å². The van der Waals surface area contributed by atoms with Crippen molar-refractivity contribution in [2.45, 2.75) is 38.3 Å². The van der Waals surface area contributed by atoms with E-state index < -0.39 is 12.0 Å². The van der Waals surface area contributed by atoms with Crippen molar-refractivity contribution in [3.8, 4) is 0 Å². The van der Waals surface area contributed by atoms with Crippen molar-refractivity contribution in [3.05, 3.63) is 35.9 Å². The number of primary amides is 1. The molecule has 0 spiro atoms. The van der Waals surface area contributed by atoms with E-state index in [-0.39, 0.29) is 12.6 Å². The van der Waals surface area contributed by atoms with E-state index in [0.717, 1.165) is 19.3 Å². The Kier molecular flexibility index (Phi) is 6.39. The minimum absolute atomic E-state index is 0.153. The molecule has 0 bridgehead atoms. The van der Waals surface area contributed by atoms with E-state index in [9.17, 15) is 9.90 Å². The Balaban J connectivity index is 2.59. The third-order valence-corrected chi connectivity index (χ3v) is 2.93. The average Bonchev–Trinajstić information content (AvgIpc) is 2.39. The molecule has 0 radical (unpaired) electrons. The zero-order valence-corrected chi connectivity index (χ0v) is 10.8. The van der Waals surface area contributed by atoms with Gasteiger partial charge in [-0.2, -0.15) is 0 Å². The highest BCUT2D eigenvalue weighted by Gasteiger charge is 2.15. The maximum Gasteiger partial charge on any atom is 0.247 e. The summed E-state index contributed by atoms with van der Waals surface area (Å²) in [6.45, 7) is 2.33. The standard InChI is InChI=1S/C14H22N2O2/c1-2-3-9-12(11-7-5-4-6-8-11)16-10-13(17)14(15)18/h4-8,12-13,16-17H,2-3,9-10H2,1H3,(H2,15,18). The van der Waals surface area contributed by atoms with Gasteiger partial charge in [0.05, 0.1) is 0 Å². The summed E-state index contributed by atoms with van der Waals surface area (Å²) in [5.41, 5.74) is 6.20. The molecular weight excluding hydrogens is 228 g/mol. The number of amides is 1. The van der Waals surface area contributed by atoms with E-state index in [1.165, 1.54) is 5.56 Å². The summed E-state index contributed by atoms with van der Waals surface area (Å²) >= 11 is 0. The van der Waals surface area contributed by atoms with Crippen LogP contribution in [-0.4, -0.2) is 23.7 Å². The van der Waals surface area contributed by atoms with Gasteiger partial charge in [-0.15, -0.1) is 0 Å². The number of aliphatic hydroxyl groups excluding tert-OH is 1. The highest BCUT2D eigenvalue weighted by molar-refractivity contribution is 5.78. The molecule has 1 rings (SSSR count). The third-order valence-electron chi connectivity index (χ3n) is 2.93. The van der Waals surface area contributed by atoms with E-state index >= 15 is 0 Å². The molecule has 0 aromatic heterocycles. The molecular formula is C14H22N2O2. The number of hydrogen-bond donors (Lipinski definition) is 3. The monoisotopic (exact) mass is 250 g/mol. The van der Waals surface area contributed by atoms with Crippen molar-refractivity contribution in [3.63, 3.8) is 0 Å². The van der Waals surface area contributed by atoms with Gasteiger partial charge in [-0.25, -0.2) is 0 Å². The van der Waals surface area contributed by atoms with Crippen LogP contribution in [0.15, 0.2) is 30.3 Å². The lowest BCUT2D eigenvalue weighted by Gasteiger charge is -2.20. The van der Waals surface area contributed by atoms with E-state index in [1.807, 2.05) is 30.3 Å². The van der Waals surface area contributed by atoms with Gasteiger partial charge in [0.15, 0.2) is 0 Å². The average molecular weight is 250 g/mol. The SMILES string of the molecule is CCCCC(NCC(O)C(N)=O)c1ccccc1. The summed E-state index contributed by atoms with van der Waals surface area (Å²) in [4.78, 5) is 10.8. The van der Waals surface area contributed by atoms with Crippen LogP contribution in [0.5, 0.6) is 0 Å². The van der Waals surface area contributed by atoms with Crippen molar-refractivity contribution in [1.29, 1.82) is 0 Å². The Morgan fingerprint density at radius 3 is 2.61 bits per heavy atom. The molecule has 18 heavy (non-hydrogen) atoms. The van der Waals surface area contributed by atoms with Gasteiger partial charge in [-0.05, 0) is 12.0 Å². The van der Waals surface area contributed by atoms with Crippen LogP contribution in [0.25, 0.3) is 0 Å². The zero-order chi connectivity index (χ0) is 13.4. The van der Waals surface area contributed by atoms with Crippen LogP contribution >= 0.6 is 0 Å². The van der Waals surface area contributed by atoms with Crippen molar-refractivity contribution in [2.24, 2.45) is 5.73 Å². The molecule has 0 fully saturated rings. The largest absolute Gasteiger partial charge is 0.382 e. The van der Waals surface area contributed by atoms with E-state index in [2.05, 4.69) is 12.2 Å². The number of rotatable bonds is 8. The van der Waals surface area contributed by atoms with Gasteiger partial charge < -0.3 is 16.2 Å². The summed E-state index contributed by atoms with van der Waals surface area (Å²) in [7, 11) is 0. The summed E-state index contributed by atoms with van der Waals surface area (Å²) in [6, 6.07) is 10.2. The Bertz CT molecular complexity index is 354. The van der Waals surface area contributed by atoms with Crippen LogP contribution < -0.4 is 11.1 Å². The Labute approximate surface area is 108 Å². The molecule has 0 aliphatic heterocycles. The normalized spacial score (nSPS) is 14.1. The molecule has 0 aliphatic carbocycles. The van der Waals surface area contributed by atoms with Crippen molar-refractivity contribution in [1.82, 2.24) is 5.32 Å². The fourth-order valence-corrected chi connectivity index (χ4v) is 1.83. The maximum absolute atomic E-state index is 10.8. The lowest BCUT2D eigenvalue weighted by molar-refractivity contribution is -0.125. The Hall–Kier alpha value is -1.39. The summed E-state index contributed by atoms with van der Waals surface area (Å²) in [5.74, 6) is -0.690. The predicted octanol–water partition coefficient (Wildman–Crippen LogP) is 1.35. The molecule has 1 aromatic rings. The number of benzene rings is 1. The first-order valence-electron chi connectivity index (χ1n) is 6.40. The molecule has 2 atom stereocenters. The summed E-state index contributed by atoms with van der Waals surface area (Å²) in [5, 5.41) is 12.6. The first-order valence-corrected chi connectivity index (χ1v) is 6.40. The first kappa shape index (κ1) is 14.7. The highest BCUT2D eigenvalue weighted by Crippen LogP contribution is 2.18. The molecule has 4 heteroatoms. The minimum atomic E-state index is -1.13. The van der Waals surface area contributed by atoms with Crippen molar-refractivity contribution < 1.29 is 9.90 Å². The van der Waals surface area contributed by atoms with Crippen LogP contribution in [-0.2, 0) is 4.79 Å². The van der Waals surface area contributed by atoms with Gasteiger partial charge in [-0.1, -0.05) is 50.1 Å². The van der Waals surface area contributed by atoms with Gasteiger partial charge in [-0.3, -0.25) is 4.79 Å². The lowest BCUT2D eigenvalue weighted by atomic mass is 10.0. The van der Waals surface area contributed by atoms with Gasteiger partial charge in [0.25, 0.3) is 0 Å². The van der Waals surface area contributed by atoms with Crippen molar-refractivity contribution >= 4 is 5.91 Å². The van der Waals surface area contributed by atoms with Gasteiger partial charge in [0.2, 0.25) is 5.91 Å². The molecule has 4 N–H and O–H groups in total. The van der Waals surface area contributed by atoms with Gasteiger partial charge >= 0.3 is 0 Å². The topological polar surface area (TPSA) is 75.3 Å². The quantitative estimate of drug-likeness (QED) is 0.652. The second kappa shape index (κ2) is 7.84. The Morgan fingerprint density at radius 1 is 1.39 bits per heavy atom. The molecule has 0 saturated carbocycles. The second-order valence-electron chi connectivity index (χ2n) is 4.43. The molecule has 0 saturated heterocycles. The van der Waals surface area contributed by atoms with E-state index in [1.54, 1.807) is 0 Å². The fourth-order valence-electron chi connectivity index (χ4n) is 1.83. The highest BCUT2D eigenvalue weighted by atomic mass is 16.3. The second-order valence-corrected chi connectivity index (χ2v) is 4.43. The number of aliphatic hydroxyl groups is 1. The molecule has 1 amide bonds. The number of unbranched alkanes of at least 4 members (excludes halogenated alkanes) is 1. The fraction of sp³-hybridized carbons (Fsp3) is 0.500. The van der Waals surface area contributed by atoms with E-state index in [0.29, 0.717) is 0 Å². The first-order chi connectivity index (χ1) is 8.65. The maximum atomic E-state index is 10.8. The lowest BCUT2D eigenvalue weighted by Crippen LogP contribution is -2.39. The number of nitrogens with two attached hydrogens (primary N) is 1. The number of carbonyl (C=O) groups excluding carboxylic acids is 1. The summed E-state index contributed by atoms with van der Waals surface area (Å²) < 4.78 is 0. The van der Waals surface area contributed by atoms with Crippen LogP contribution in [0, 0.1) is 0 Å². The van der Waals surface area contributed by atoms with Crippen LogP contribution in [0.3, 0.4) is 0 Å². The molecule has 1 aromatic carbocycles. The number of nitrogens with one attached hydrogen (secondary N) is 1. The molecule has 0 heterocycles. The van der Waals surface area contributed by atoms with Crippen LogP contribution in [0.2, 0.25) is 0 Å². The molecule has 100 valence electrons. The minimum Gasteiger partial charge on any atom is -0.382 e. The number of hydrogen-bond acceptors (Lipinski definition) is 3. The van der Waals surface area contributed by atoms with Gasteiger partial charge in [0, 0.05) is 12.6 Å². The zero-order valence-electron chi connectivity index (χ0n) is 10.8. The van der Waals surface area contributed by atoms with E-state index in [4.69, 9.17) is 5.73 Å². The Morgan fingerprint density at radius 2 is 2.06 bits per heavy atom.